The zero-order valence-electron chi connectivity index (χ0n) is 23.5. The Morgan fingerprint density at radius 2 is 0.955 bits per heavy atom. The summed E-state index contributed by atoms with van der Waals surface area (Å²) in [5.41, 5.74) is 6.38. The molecule has 202 valence electrons. The van der Waals surface area contributed by atoms with E-state index in [1.54, 1.807) is 12.1 Å². The van der Waals surface area contributed by atoms with Gasteiger partial charge in [0.2, 0.25) is 5.69 Å². The molecule has 0 saturated carbocycles. The summed E-state index contributed by atoms with van der Waals surface area (Å²) in [6, 6.07) is 48.2. The molecular weight excluding hydrogens is 536 g/mol. The van der Waals surface area contributed by atoms with Crippen LogP contribution in [0.4, 0.5) is 5.69 Å². The van der Waals surface area contributed by atoms with E-state index in [0.717, 1.165) is 65.2 Å². The SMILES string of the molecule is [C-]#[N+]c1ccc(C#N)c(-n2c3ccccc3c3ccccc32)c1-n1c2ccc3ccccc3c2c2c3ccccc3ccc21. The minimum Gasteiger partial charge on any atom is -0.317 e. The number of nitriles is 1. The minimum atomic E-state index is 0.487. The summed E-state index contributed by atoms with van der Waals surface area (Å²) in [4.78, 5) is 4.08. The van der Waals surface area contributed by atoms with Crippen LogP contribution in [0.25, 0.3) is 81.4 Å². The number of benzene rings is 7. The Morgan fingerprint density at radius 1 is 0.477 bits per heavy atom. The third-order valence-electron chi connectivity index (χ3n) is 8.94. The number of hydrogen-bond acceptors (Lipinski definition) is 1. The van der Waals surface area contributed by atoms with Gasteiger partial charge in [0.05, 0.1) is 45.6 Å². The second kappa shape index (κ2) is 9.07. The maximum Gasteiger partial charge on any atom is 0.212 e. The first-order chi connectivity index (χ1) is 21.8. The molecule has 4 nitrogen and oxygen atoms in total. The summed E-state index contributed by atoms with van der Waals surface area (Å²) < 4.78 is 4.39. The molecule has 0 N–H and O–H groups in total. The normalized spacial score (nSPS) is 11.6. The molecule has 2 aromatic heterocycles. The molecule has 0 atom stereocenters. The van der Waals surface area contributed by atoms with E-state index in [2.05, 4.69) is 117 Å². The van der Waals surface area contributed by atoms with Gasteiger partial charge in [-0.15, -0.1) is 0 Å². The van der Waals surface area contributed by atoms with Crippen molar-refractivity contribution in [1.82, 2.24) is 9.13 Å². The average molecular weight is 559 g/mol. The number of para-hydroxylation sites is 2. The van der Waals surface area contributed by atoms with Gasteiger partial charge in [0.1, 0.15) is 6.07 Å². The Hall–Kier alpha value is -6.36. The summed E-state index contributed by atoms with van der Waals surface area (Å²) >= 11 is 0. The highest BCUT2D eigenvalue weighted by Crippen LogP contribution is 2.45. The molecule has 9 aromatic rings. The van der Waals surface area contributed by atoms with Gasteiger partial charge in [0.25, 0.3) is 0 Å². The lowest BCUT2D eigenvalue weighted by Gasteiger charge is -2.20. The molecule has 7 aromatic carbocycles. The third kappa shape index (κ3) is 3.14. The van der Waals surface area contributed by atoms with Gasteiger partial charge in [0.15, 0.2) is 0 Å². The van der Waals surface area contributed by atoms with Gasteiger partial charge in [0, 0.05) is 21.5 Å². The fraction of sp³-hybridized carbons (Fsp3) is 0. The van der Waals surface area contributed by atoms with Crippen molar-refractivity contribution in [2.45, 2.75) is 0 Å². The Balaban J connectivity index is 1.57. The van der Waals surface area contributed by atoms with Crippen molar-refractivity contribution in [3.63, 3.8) is 0 Å². The van der Waals surface area contributed by atoms with E-state index in [0.29, 0.717) is 22.6 Å². The van der Waals surface area contributed by atoms with E-state index >= 15 is 0 Å². The minimum absolute atomic E-state index is 0.487. The molecule has 44 heavy (non-hydrogen) atoms. The second-order valence-corrected chi connectivity index (χ2v) is 11.1. The van der Waals surface area contributed by atoms with Crippen molar-refractivity contribution in [2.75, 3.05) is 0 Å². The number of nitrogens with zero attached hydrogens (tertiary/aromatic N) is 4. The molecule has 2 heterocycles. The van der Waals surface area contributed by atoms with Gasteiger partial charge < -0.3 is 9.13 Å². The van der Waals surface area contributed by atoms with Crippen LogP contribution in [0.1, 0.15) is 5.56 Å². The van der Waals surface area contributed by atoms with Gasteiger partial charge in [-0.3, -0.25) is 0 Å². The number of aromatic nitrogens is 2. The lowest BCUT2D eigenvalue weighted by atomic mass is 10.00. The lowest BCUT2D eigenvalue weighted by Crippen LogP contribution is -2.06. The van der Waals surface area contributed by atoms with Crippen molar-refractivity contribution >= 4 is 70.8 Å². The van der Waals surface area contributed by atoms with Crippen molar-refractivity contribution in [2.24, 2.45) is 0 Å². The Bertz CT molecular complexity index is 2600. The van der Waals surface area contributed by atoms with Crippen LogP contribution in [0.3, 0.4) is 0 Å². The number of rotatable bonds is 2. The van der Waals surface area contributed by atoms with E-state index in [9.17, 15) is 5.26 Å². The molecule has 0 bridgehead atoms. The van der Waals surface area contributed by atoms with E-state index in [4.69, 9.17) is 6.57 Å². The highest BCUT2D eigenvalue weighted by Gasteiger charge is 2.25. The third-order valence-corrected chi connectivity index (χ3v) is 8.94. The zero-order chi connectivity index (χ0) is 29.4. The van der Waals surface area contributed by atoms with E-state index in [1.807, 2.05) is 24.3 Å². The number of hydrogen-bond donors (Lipinski definition) is 0. The maximum absolute atomic E-state index is 10.6. The Labute approximate surface area is 252 Å². The highest BCUT2D eigenvalue weighted by atomic mass is 15.1. The zero-order valence-corrected chi connectivity index (χ0v) is 23.5. The van der Waals surface area contributed by atoms with Crippen LogP contribution in [-0.2, 0) is 0 Å². The summed E-state index contributed by atoms with van der Waals surface area (Å²) in [5.74, 6) is 0. The first-order valence-corrected chi connectivity index (χ1v) is 14.6. The highest BCUT2D eigenvalue weighted by molar-refractivity contribution is 6.28. The summed E-state index contributed by atoms with van der Waals surface area (Å²) in [6.07, 6.45) is 0. The smallest absolute Gasteiger partial charge is 0.212 e. The predicted molar refractivity (Wildman–Crippen MR) is 181 cm³/mol. The fourth-order valence-corrected chi connectivity index (χ4v) is 7.15. The molecule has 0 radical (unpaired) electrons. The monoisotopic (exact) mass is 558 g/mol. The largest absolute Gasteiger partial charge is 0.317 e. The quantitative estimate of drug-likeness (QED) is 0.195. The molecule has 9 rings (SSSR count). The van der Waals surface area contributed by atoms with Gasteiger partial charge in [-0.2, -0.15) is 5.26 Å². The molecule has 0 aliphatic rings. The lowest BCUT2D eigenvalue weighted by molar-refractivity contribution is 1.09. The summed E-state index contributed by atoms with van der Waals surface area (Å²) in [5, 5.41) is 19.7. The molecule has 0 spiro atoms. The van der Waals surface area contributed by atoms with Crippen LogP contribution in [0.15, 0.2) is 133 Å². The van der Waals surface area contributed by atoms with Crippen molar-refractivity contribution in [3.05, 3.63) is 150 Å². The van der Waals surface area contributed by atoms with Gasteiger partial charge in [-0.25, -0.2) is 4.85 Å². The van der Waals surface area contributed by atoms with Gasteiger partial charge in [-0.1, -0.05) is 109 Å². The Kier molecular flexibility index (Phi) is 5.00. The van der Waals surface area contributed by atoms with Crippen molar-refractivity contribution < 1.29 is 0 Å². The number of fused-ring (bicyclic) bond motifs is 10. The van der Waals surface area contributed by atoms with Crippen LogP contribution in [0.2, 0.25) is 0 Å². The van der Waals surface area contributed by atoms with E-state index < -0.39 is 0 Å². The van der Waals surface area contributed by atoms with Gasteiger partial charge in [-0.05, 0) is 45.8 Å². The topological polar surface area (TPSA) is 38.0 Å². The summed E-state index contributed by atoms with van der Waals surface area (Å²) in [6.45, 7) is 8.36. The van der Waals surface area contributed by atoms with E-state index in [1.165, 1.54) is 0 Å². The molecule has 0 saturated heterocycles. The van der Waals surface area contributed by atoms with Crippen LogP contribution in [0.5, 0.6) is 0 Å². The molecule has 0 fully saturated rings. The molecule has 0 aliphatic heterocycles. The second-order valence-electron chi connectivity index (χ2n) is 11.1. The van der Waals surface area contributed by atoms with Crippen LogP contribution < -0.4 is 0 Å². The van der Waals surface area contributed by atoms with Crippen LogP contribution in [0, 0.1) is 17.9 Å². The fourth-order valence-electron chi connectivity index (χ4n) is 7.15. The van der Waals surface area contributed by atoms with Crippen molar-refractivity contribution in [3.8, 4) is 17.4 Å². The first kappa shape index (κ1) is 24.3. The van der Waals surface area contributed by atoms with Gasteiger partial charge >= 0.3 is 0 Å². The average Bonchev–Trinajstić information content (AvgIpc) is 3.61. The van der Waals surface area contributed by atoms with Crippen molar-refractivity contribution in [1.29, 1.82) is 5.26 Å². The molecular formula is C40H22N4. The maximum atomic E-state index is 10.6. The van der Waals surface area contributed by atoms with Crippen LogP contribution >= 0.6 is 0 Å². The molecule has 0 unspecified atom stereocenters. The van der Waals surface area contributed by atoms with E-state index in [-0.39, 0.29) is 0 Å². The summed E-state index contributed by atoms with van der Waals surface area (Å²) in [7, 11) is 0. The standard InChI is InChI=1S/C40H22N4/c1-42-32-21-18-27(24-41)39(43-33-16-8-6-14-30(33)31-15-7-9-17-34(31)43)40(32)44-35-22-19-25-10-2-4-12-28(25)37(35)38-29-13-5-3-11-26(29)20-23-36(38)44/h2-23H. The molecule has 4 heteroatoms. The molecule has 0 amide bonds. The Morgan fingerprint density at radius 3 is 1.48 bits per heavy atom. The molecule has 0 aliphatic carbocycles. The van der Waals surface area contributed by atoms with Crippen LogP contribution in [-0.4, -0.2) is 9.13 Å². The first-order valence-electron chi connectivity index (χ1n) is 14.6. The predicted octanol–water partition coefficient (Wildman–Crippen LogP) is 10.6.